The summed E-state index contributed by atoms with van der Waals surface area (Å²) in [6.07, 6.45) is 6.33. The van der Waals surface area contributed by atoms with Gasteiger partial charge in [0.05, 0.1) is 23.1 Å². The maximum absolute atomic E-state index is 3.59. The van der Waals surface area contributed by atoms with Crippen molar-refractivity contribution < 1.29 is 4.57 Å². The molecule has 0 aliphatic heterocycles. The first kappa shape index (κ1) is 16.1. The normalized spacial score (nSPS) is 10.9. The van der Waals surface area contributed by atoms with Gasteiger partial charge in [-0.05, 0) is 38.1 Å². The van der Waals surface area contributed by atoms with Crippen LogP contribution in [-0.2, 0) is 0 Å². The van der Waals surface area contributed by atoms with Crippen LogP contribution in [0.2, 0.25) is 0 Å². The first-order chi connectivity index (χ1) is 11.6. The minimum Gasteiger partial charge on any atom is -0.376 e. The Morgan fingerprint density at radius 2 is 1.62 bits per heavy atom. The van der Waals surface area contributed by atoms with Crippen LogP contribution in [0.1, 0.15) is 19.9 Å². The van der Waals surface area contributed by atoms with Crippen LogP contribution < -0.4 is 14.8 Å². The van der Waals surface area contributed by atoms with Gasteiger partial charge in [0, 0.05) is 14.1 Å². The lowest BCUT2D eigenvalue weighted by molar-refractivity contribution is -0.715. The van der Waals surface area contributed by atoms with Gasteiger partial charge in [-0.25, -0.2) is 9.13 Å². The number of rotatable bonds is 5. The summed E-state index contributed by atoms with van der Waals surface area (Å²) in [6, 6.07) is 17.2. The molecule has 2 aromatic carbocycles. The van der Waals surface area contributed by atoms with Crippen molar-refractivity contribution in [2.24, 2.45) is 0 Å². The van der Waals surface area contributed by atoms with Crippen LogP contribution in [-0.4, -0.2) is 18.7 Å². The molecule has 0 fully saturated rings. The minimum absolute atomic E-state index is 0.445. The molecule has 0 saturated carbocycles. The van der Waals surface area contributed by atoms with Gasteiger partial charge in [0.2, 0.25) is 6.33 Å². The average molecular weight is 321 g/mol. The van der Waals surface area contributed by atoms with Crippen LogP contribution in [0.3, 0.4) is 0 Å². The van der Waals surface area contributed by atoms with E-state index in [1.165, 1.54) is 0 Å². The van der Waals surface area contributed by atoms with Gasteiger partial charge in [-0.15, -0.1) is 0 Å². The fourth-order valence-electron chi connectivity index (χ4n) is 2.74. The van der Waals surface area contributed by atoms with Crippen LogP contribution in [0.15, 0.2) is 67.3 Å². The van der Waals surface area contributed by atoms with E-state index in [-0.39, 0.29) is 0 Å². The SMILES string of the molecule is CC(C)[n+]1ccn(-c2ccccc2Nc2ccccc2N(C)C)c1. The Hall–Kier alpha value is -2.75. The fourth-order valence-corrected chi connectivity index (χ4v) is 2.74. The van der Waals surface area contributed by atoms with Gasteiger partial charge in [-0.2, -0.15) is 0 Å². The van der Waals surface area contributed by atoms with E-state index in [0.29, 0.717) is 6.04 Å². The summed E-state index contributed by atoms with van der Waals surface area (Å²) in [6.45, 7) is 4.36. The van der Waals surface area contributed by atoms with Gasteiger partial charge in [0.1, 0.15) is 12.4 Å². The first-order valence-corrected chi connectivity index (χ1v) is 8.28. The van der Waals surface area contributed by atoms with Crippen LogP contribution in [0.4, 0.5) is 17.1 Å². The van der Waals surface area contributed by atoms with Gasteiger partial charge < -0.3 is 10.2 Å². The number of hydrogen-bond donors (Lipinski definition) is 1. The molecule has 1 aromatic heterocycles. The van der Waals surface area contributed by atoms with E-state index in [9.17, 15) is 0 Å². The highest BCUT2D eigenvalue weighted by atomic mass is 15.1. The third kappa shape index (κ3) is 3.27. The first-order valence-electron chi connectivity index (χ1n) is 8.28. The molecule has 0 amide bonds. The third-order valence-electron chi connectivity index (χ3n) is 4.09. The Balaban J connectivity index is 1.98. The summed E-state index contributed by atoms with van der Waals surface area (Å²) in [4.78, 5) is 2.12. The van der Waals surface area contributed by atoms with E-state index in [4.69, 9.17) is 0 Å². The number of imidazole rings is 1. The lowest BCUT2D eigenvalue weighted by Crippen LogP contribution is -2.33. The summed E-state index contributed by atoms with van der Waals surface area (Å²) in [5.74, 6) is 0. The summed E-state index contributed by atoms with van der Waals surface area (Å²) in [5.41, 5.74) is 4.47. The van der Waals surface area contributed by atoms with E-state index < -0.39 is 0 Å². The molecular formula is C20H25N4+. The molecule has 0 unspecified atom stereocenters. The largest absolute Gasteiger partial charge is 0.376 e. The van der Waals surface area contributed by atoms with Crippen LogP contribution >= 0.6 is 0 Å². The Labute approximate surface area is 144 Å². The molecule has 124 valence electrons. The highest BCUT2D eigenvalue weighted by Crippen LogP contribution is 2.30. The molecule has 1 heterocycles. The quantitative estimate of drug-likeness (QED) is 0.714. The van der Waals surface area contributed by atoms with Crippen molar-refractivity contribution in [2.45, 2.75) is 19.9 Å². The van der Waals surface area contributed by atoms with Gasteiger partial charge >= 0.3 is 0 Å². The molecule has 4 heteroatoms. The van der Waals surface area contributed by atoms with Gasteiger partial charge in [-0.1, -0.05) is 24.3 Å². The predicted octanol–water partition coefficient (Wildman–Crippen LogP) is 4.16. The Bertz CT molecular complexity index is 818. The average Bonchev–Trinajstić information content (AvgIpc) is 3.06. The van der Waals surface area contributed by atoms with Crippen LogP contribution in [0.25, 0.3) is 5.69 Å². The number of nitrogens with zero attached hydrogens (tertiary/aromatic N) is 3. The van der Waals surface area contributed by atoms with Crippen LogP contribution in [0, 0.1) is 0 Å². The fraction of sp³-hybridized carbons (Fsp3) is 0.250. The van der Waals surface area contributed by atoms with Crippen molar-refractivity contribution in [3.05, 3.63) is 67.3 Å². The van der Waals surface area contributed by atoms with Crippen molar-refractivity contribution in [3.63, 3.8) is 0 Å². The van der Waals surface area contributed by atoms with E-state index in [1.807, 2.05) is 0 Å². The molecule has 0 spiro atoms. The molecule has 0 atom stereocenters. The second-order valence-corrected chi connectivity index (χ2v) is 6.42. The molecule has 3 rings (SSSR count). The second-order valence-electron chi connectivity index (χ2n) is 6.42. The molecular weight excluding hydrogens is 296 g/mol. The number of hydrogen-bond acceptors (Lipinski definition) is 2. The van der Waals surface area contributed by atoms with Gasteiger partial charge in [0.15, 0.2) is 5.69 Å². The van der Waals surface area contributed by atoms with E-state index >= 15 is 0 Å². The lowest BCUT2D eigenvalue weighted by atomic mass is 10.2. The van der Waals surface area contributed by atoms with E-state index in [0.717, 1.165) is 22.7 Å². The highest BCUT2D eigenvalue weighted by molar-refractivity contribution is 5.78. The Kier molecular flexibility index (Phi) is 4.56. The smallest absolute Gasteiger partial charge is 0.249 e. The maximum atomic E-state index is 3.59. The summed E-state index contributed by atoms with van der Waals surface area (Å²) >= 11 is 0. The molecule has 1 N–H and O–H groups in total. The lowest BCUT2D eigenvalue weighted by Gasteiger charge is -2.19. The zero-order valence-electron chi connectivity index (χ0n) is 14.8. The zero-order chi connectivity index (χ0) is 17.1. The minimum atomic E-state index is 0.445. The number of nitrogens with one attached hydrogen (secondary N) is 1. The number of anilines is 3. The van der Waals surface area contributed by atoms with Crippen molar-refractivity contribution in [1.82, 2.24) is 4.57 Å². The molecule has 0 radical (unpaired) electrons. The Morgan fingerprint density at radius 1 is 0.958 bits per heavy atom. The molecule has 4 nitrogen and oxygen atoms in total. The standard InChI is InChI=1S/C20H25N4/c1-16(2)23-13-14-24(15-23)20-12-8-6-10-18(20)21-17-9-5-7-11-19(17)22(3)4/h5-16,21H,1-4H3/q+1. The summed E-state index contributed by atoms with van der Waals surface area (Å²) < 4.78 is 4.35. The summed E-state index contributed by atoms with van der Waals surface area (Å²) in [5, 5.41) is 3.59. The van der Waals surface area contributed by atoms with Gasteiger partial charge in [-0.3, -0.25) is 0 Å². The number of benzene rings is 2. The van der Waals surface area contributed by atoms with Crippen molar-refractivity contribution in [1.29, 1.82) is 0 Å². The molecule has 0 saturated heterocycles. The molecule has 0 bridgehead atoms. The summed E-state index contributed by atoms with van der Waals surface area (Å²) in [7, 11) is 4.12. The third-order valence-corrected chi connectivity index (χ3v) is 4.09. The molecule has 24 heavy (non-hydrogen) atoms. The highest BCUT2D eigenvalue weighted by Gasteiger charge is 2.14. The number of para-hydroxylation sites is 4. The topological polar surface area (TPSA) is 24.1 Å². The van der Waals surface area contributed by atoms with Crippen molar-refractivity contribution in [2.75, 3.05) is 24.3 Å². The van der Waals surface area contributed by atoms with Crippen LogP contribution in [0.5, 0.6) is 0 Å². The predicted molar refractivity (Wildman–Crippen MR) is 100 cm³/mol. The van der Waals surface area contributed by atoms with E-state index in [2.05, 4.69) is 115 Å². The van der Waals surface area contributed by atoms with Gasteiger partial charge in [0.25, 0.3) is 0 Å². The Morgan fingerprint density at radius 3 is 2.29 bits per heavy atom. The monoisotopic (exact) mass is 321 g/mol. The van der Waals surface area contributed by atoms with E-state index in [1.54, 1.807) is 0 Å². The van der Waals surface area contributed by atoms with Crippen molar-refractivity contribution in [3.8, 4) is 5.69 Å². The number of aromatic nitrogens is 2. The van der Waals surface area contributed by atoms with Crippen molar-refractivity contribution >= 4 is 17.1 Å². The zero-order valence-corrected chi connectivity index (χ0v) is 14.8. The molecule has 0 aliphatic rings. The molecule has 3 aromatic rings. The molecule has 0 aliphatic carbocycles. The maximum Gasteiger partial charge on any atom is 0.249 e. The second kappa shape index (κ2) is 6.79.